The molecule has 3 nitrogen and oxygen atoms in total. The standard InChI is InChI=1S/C15H22BrN3/c16-14-7-13(8-17-10-14)11-19-5-3-12(4-6-19)9-18-15-1-2-15/h7-8,10,12,15,18H,1-6,9,11H2. The minimum Gasteiger partial charge on any atom is -0.314 e. The fourth-order valence-electron chi connectivity index (χ4n) is 2.77. The van der Waals surface area contributed by atoms with Gasteiger partial charge in [0.05, 0.1) is 0 Å². The molecule has 0 spiro atoms. The lowest BCUT2D eigenvalue weighted by atomic mass is 9.96. The molecule has 0 radical (unpaired) electrons. The molecule has 4 heteroatoms. The van der Waals surface area contributed by atoms with Crippen molar-refractivity contribution in [3.05, 3.63) is 28.5 Å². The highest BCUT2D eigenvalue weighted by atomic mass is 79.9. The topological polar surface area (TPSA) is 28.2 Å². The van der Waals surface area contributed by atoms with Crippen LogP contribution in [0.1, 0.15) is 31.2 Å². The zero-order chi connectivity index (χ0) is 13.1. The summed E-state index contributed by atoms with van der Waals surface area (Å²) in [7, 11) is 0. The first-order chi connectivity index (χ1) is 9.29. The van der Waals surface area contributed by atoms with Crippen LogP contribution < -0.4 is 5.32 Å². The Hall–Kier alpha value is -0.450. The summed E-state index contributed by atoms with van der Waals surface area (Å²) in [6.07, 6.45) is 9.29. The maximum absolute atomic E-state index is 4.24. The normalized spacial score (nSPS) is 21.7. The molecule has 0 atom stereocenters. The highest BCUT2D eigenvalue weighted by Gasteiger charge is 2.24. The van der Waals surface area contributed by atoms with Gasteiger partial charge in [0.25, 0.3) is 0 Å². The highest BCUT2D eigenvalue weighted by Crippen LogP contribution is 2.22. The average Bonchev–Trinajstić information content (AvgIpc) is 3.22. The minimum atomic E-state index is 0.853. The maximum Gasteiger partial charge on any atom is 0.0410 e. The van der Waals surface area contributed by atoms with E-state index in [0.29, 0.717) is 0 Å². The molecule has 3 rings (SSSR count). The summed E-state index contributed by atoms with van der Waals surface area (Å²) in [5, 5.41) is 3.66. The van der Waals surface area contributed by atoms with Crippen molar-refractivity contribution >= 4 is 15.9 Å². The molecular formula is C15H22BrN3. The molecular weight excluding hydrogens is 302 g/mol. The summed E-state index contributed by atoms with van der Waals surface area (Å²) in [6, 6.07) is 3.03. The minimum absolute atomic E-state index is 0.853. The van der Waals surface area contributed by atoms with Crippen molar-refractivity contribution in [1.29, 1.82) is 0 Å². The quantitative estimate of drug-likeness (QED) is 0.903. The Morgan fingerprint density at radius 1 is 1.21 bits per heavy atom. The van der Waals surface area contributed by atoms with Gasteiger partial charge in [-0.05, 0) is 78.8 Å². The zero-order valence-corrected chi connectivity index (χ0v) is 12.9. The average molecular weight is 324 g/mol. The van der Waals surface area contributed by atoms with Crippen molar-refractivity contribution in [2.24, 2.45) is 5.92 Å². The molecule has 0 bridgehead atoms. The summed E-state index contributed by atoms with van der Waals surface area (Å²) >= 11 is 3.49. The van der Waals surface area contributed by atoms with Gasteiger partial charge in [-0.2, -0.15) is 0 Å². The van der Waals surface area contributed by atoms with Crippen molar-refractivity contribution in [1.82, 2.24) is 15.2 Å². The monoisotopic (exact) mass is 323 g/mol. The second kappa shape index (κ2) is 6.33. The van der Waals surface area contributed by atoms with Crippen LogP contribution in [-0.2, 0) is 6.54 Å². The maximum atomic E-state index is 4.24. The Morgan fingerprint density at radius 2 is 2.00 bits per heavy atom. The van der Waals surface area contributed by atoms with Crippen LogP contribution in [0.4, 0.5) is 0 Å². The number of aromatic nitrogens is 1. The van der Waals surface area contributed by atoms with Gasteiger partial charge >= 0.3 is 0 Å². The van der Waals surface area contributed by atoms with Crippen LogP contribution in [-0.4, -0.2) is 35.6 Å². The molecule has 1 aliphatic heterocycles. The number of rotatable bonds is 5. The second-order valence-corrected chi connectivity index (χ2v) is 6.83. The number of hydrogen-bond acceptors (Lipinski definition) is 3. The molecule has 2 heterocycles. The molecule has 2 fully saturated rings. The number of piperidine rings is 1. The number of halogens is 1. The molecule has 19 heavy (non-hydrogen) atoms. The van der Waals surface area contributed by atoms with Gasteiger partial charge in [-0.15, -0.1) is 0 Å². The van der Waals surface area contributed by atoms with Crippen molar-refractivity contribution in [2.75, 3.05) is 19.6 Å². The summed E-state index contributed by atoms with van der Waals surface area (Å²) in [5.41, 5.74) is 1.31. The van der Waals surface area contributed by atoms with E-state index in [1.807, 2.05) is 12.4 Å². The van der Waals surface area contributed by atoms with E-state index >= 15 is 0 Å². The molecule has 1 aromatic heterocycles. The van der Waals surface area contributed by atoms with E-state index in [1.54, 1.807) is 0 Å². The molecule has 104 valence electrons. The Bertz CT molecular complexity index is 412. The van der Waals surface area contributed by atoms with E-state index in [2.05, 4.69) is 37.2 Å². The molecule has 1 N–H and O–H groups in total. The third-order valence-electron chi connectivity index (χ3n) is 4.15. The van der Waals surface area contributed by atoms with E-state index < -0.39 is 0 Å². The van der Waals surface area contributed by atoms with Crippen LogP contribution in [0.3, 0.4) is 0 Å². The second-order valence-electron chi connectivity index (χ2n) is 5.91. The molecule has 1 aliphatic carbocycles. The SMILES string of the molecule is Brc1cncc(CN2CCC(CNC3CC3)CC2)c1. The Morgan fingerprint density at radius 3 is 2.68 bits per heavy atom. The van der Waals surface area contributed by atoms with Crippen LogP contribution in [0.5, 0.6) is 0 Å². The van der Waals surface area contributed by atoms with Crippen molar-refractivity contribution in [3.8, 4) is 0 Å². The summed E-state index contributed by atoms with van der Waals surface area (Å²) in [4.78, 5) is 6.79. The molecule has 0 amide bonds. The Kier molecular flexibility index (Phi) is 4.51. The molecule has 0 aromatic carbocycles. The van der Waals surface area contributed by atoms with Crippen molar-refractivity contribution in [3.63, 3.8) is 0 Å². The predicted molar refractivity (Wildman–Crippen MR) is 81.0 cm³/mol. The number of pyridine rings is 1. The Labute approximate surface area is 123 Å². The van der Waals surface area contributed by atoms with Crippen molar-refractivity contribution in [2.45, 2.75) is 38.3 Å². The lowest BCUT2D eigenvalue weighted by Gasteiger charge is -2.32. The lowest BCUT2D eigenvalue weighted by molar-refractivity contribution is 0.175. The summed E-state index contributed by atoms with van der Waals surface area (Å²) in [5.74, 6) is 0.887. The fourth-order valence-corrected chi connectivity index (χ4v) is 3.18. The zero-order valence-electron chi connectivity index (χ0n) is 11.3. The summed E-state index contributed by atoms with van der Waals surface area (Å²) in [6.45, 7) is 4.72. The summed E-state index contributed by atoms with van der Waals surface area (Å²) < 4.78 is 1.08. The number of nitrogens with zero attached hydrogens (tertiary/aromatic N) is 2. The van der Waals surface area contributed by atoms with Gasteiger partial charge in [-0.3, -0.25) is 9.88 Å². The lowest BCUT2D eigenvalue weighted by Crippen LogP contribution is -2.37. The molecule has 1 aromatic rings. The first kappa shape index (κ1) is 13.5. The molecule has 0 unspecified atom stereocenters. The molecule has 2 aliphatic rings. The molecule has 1 saturated carbocycles. The van der Waals surface area contributed by atoms with E-state index in [0.717, 1.165) is 23.0 Å². The van der Waals surface area contributed by atoms with E-state index in [-0.39, 0.29) is 0 Å². The third kappa shape index (κ3) is 4.26. The van der Waals surface area contributed by atoms with E-state index in [9.17, 15) is 0 Å². The van der Waals surface area contributed by atoms with Gasteiger partial charge in [-0.25, -0.2) is 0 Å². The van der Waals surface area contributed by atoms with Crippen LogP contribution in [0.15, 0.2) is 22.9 Å². The van der Waals surface area contributed by atoms with Crippen LogP contribution in [0.25, 0.3) is 0 Å². The first-order valence-corrected chi connectivity index (χ1v) is 8.14. The van der Waals surface area contributed by atoms with E-state index in [4.69, 9.17) is 0 Å². The van der Waals surface area contributed by atoms with Crippen LogP contribution in [0.2, 0.25) is 0 Å². The smallest absolute Gasteiger partial charge is 0.0410 e. The third-order valence-corrected chi connectivity index (χ3v) is 4.58. The number of nitrogens with one attached hydrogen (secondary N) is 1. The van der Waals surface area contributed by atoms with Gasteiger partial charge in [-0.1, -0.05) is 0 Å². The van der Waals surface area contributed by atoms with E-state index in [1.165, 1.54) is 50.9 Å². The van der Waals surface area contributed by atoms with Gasteiger partial charge in [0.1, 0.15) is 0 Å². The highest BCUT2D eigenvalue weighted by molar-refractivity contribution is 9.10. The van der Waals surface area contributed by atoms with Crippen LogP contribution in [0, 0.1) is 5.92 Å². The largest absolute Gasteiger partial charge is 0.314 e. The fraction of sp³-hybridized carbons (Fsp3) is 0.667. The van der Waals surface area contributed by atoms with Gasteiger partial charge in [0.15, 0.2) is 0 Å². The van der Waals surface area contributed by atoms with Gasteiger partial charge in [0, 0.05) is 29.5 Å². The van der Waals surface area contributed by atoms with Crippen LogP contribution >= 0.6 is 15.9 Å². The number of hydrogen-bond donors (Lipinski definition) is 1. The Balaban J connectivity index is 1.42. The van der Waals surface area contributed by atoms with Gasteiger partial charge in [0.2, 0.25) is 0 Å². The van der Waals surface area contributed by atoms with Gasteiger partial charge < -0.3 is 5.32 Å². The number of likely N-dealkylation sites (tertiary alicyclic amines) is 1. The predicted octanol–water partition coefficient (Wildman–Crippen LogP) is 2.81. The molecule has 1 saturated heterocycles. The van der Waals surface area contributed by atoms with Crippen molar-refractivity contribution < 1.29 is 0 Å². The first-order valence-electron chi connectivity index (χ1n) is 7.35.